The number of morpholine rings is 1. The number of nitrogens with one attached hydrogen (secondary N) is 1. The largest absolute Gasteiger partial charge is 0.484 e. The van der Waals surface area contributed by atoms with E-state index >= 15 is 0 Å². The summed E-state index contributed by atoms with van der Waals surface area (Å²) in [7, 11) is 0. The molecule has 1 aliphatic rings. The molecule has 0 radical (unpaired) electrons. The highest BCUT2D eigenvalue weighted by atomic mass is 16.5. The Kier molecular flexibility index (Phi) is 6.08. The quantitative estimate of drug-likeness (QED) is 0.881. The molecule has 0 spiro atoms. The average Bonchev–Trinajstić information content (AvgIpc) is 2.67. The number of nitrogens with zero attached hydrogens (tertiary/aromatic N) is 1. The fraction of sp³-hybridized carbons (Fsp3) is 0.333. The van der Waals surface area contributed by atoms with E-state index in [0.29, 0.717) is 36.7 Å². The van der Waals surface area contributed by atoms with Gasteiger partial charge in [0.05, 0.1) is 12.7 Å². The van der Waals surface area contributed by atoms with Crippen molar-refractivity contribution in [3.05, 3.63) is 59.7 Å². The van der Waals surface area contributed by atoms with Gasteiger partial charge in [-0.3, -0.25) is 9.59 Å². The smallest absolute Gasteiger partial charge is 0.262 e. The number of benzene rings is 2. The molecule has 2 aromatic carbocycles. The molecule has 3 rings (SSSR count). The van der Waals surface area contributed by atoms with Gasteiger partial charge < -0.3 is 19.7 Å². The highest BCUT2D eigenvalue weighted by Crippen LogP contribution is 2.15. The van der Waals surface area contributed by atoms with Gasteiger partial charge in [-0.15, -0.1) is 0 Å². The molecule has 0 bridgehead atoms. The highest BCUT2D eigenvalue weighted by molar-refractivity contribution is 5.96. The van der Waals surface area contributed by atoms with E-state index in [0.717, 1.165) is 5.56 Å². The summed E-state index contributed by atoms with van der Waals surface area (Å²) in [5.41, 5.74) is 2.35. The Balaban J connectivity index is 1.51. The first-order valence-corrected chi connectivity index (χ1v) is 9.01. The second-order valence-electron chi connectivity index (χ2n) is 6.66. The monoisotopic (exact) mass is 368 g/mol. The van der Waals surface area contributed by atoms with Crippen LogP contribution in [0.3, 0.4) is 0 Å². The third kappa shape index (κ3) is 5.31. The number of hydrogen-bond acceptors (Lipinski definition) is 4. The molecule has 1 aliphatic heterocycles. The molecule has 142 valence electrons. The van der Waals surface area contributed by atoms with Gasteiger partial charge in [-0.05, 0) is 50.2 Å². The molecule has 27 heavy (non-hydrogen) atoms. The van der Waals surface area contributed by atoms with E-state index in [4.69, 9.17) is 9.47 Å². The summed E-state index contributed by atoms with van der Waals surface area (Å²) < 4.78 is 10.9. The van der Waals surface area contributed by atoms with Crippen molar-refractivity contribution in [2.45, 2.75) is 20.0 Å². The summed E-state index contributed by atoms with van der Waals surface area (Å²) in [6.45, 7) is 5.62. The molecule has 1 N–H and O–H groups in total. The van der Waals surface area contributed by atoms with Gasteiger partial charge in [0.2, 0.25) is 0 Å². The van der Waals surface area contributed by atoms with Gasteiger partial charge in [0.1, 0.15) is 5.75 Å². The average molecular weight is 368 g/mol. The first-order valence-electron chi connectivity index (χ1n) is 9.01. The first-order chi connectivity index (χ1) is 13.0. The Morgan fingerprint density at radius 3 is 2.52 bits per heavy atom. The van der Waals surface area contributed by atoms with Crippen LogP contribution in [-0.4, -0.2) is 49.1 Å². The minimum absolute atomic E-state index is 0.0225. The minimum atomic E-state index is -0.253. The van der Waals surface area contributed by atoms with Crippen LogP contribution in [0, 0.1) is 6.92 Å². The van der Waals surface area contributed by atoms with Crippen molar-refractivity contribution in [1.29, 1.82) is 0 Å². The van der Waals surface area contributed by atoms with E-state index in [2.05, 4.69) is 5.32 Å². The van der Waals surface area contributed by atoms with Gasteiger partial charge in [0.15, 0.2) is 6.61 Å². The van der Waals surface area contributed by atoms with Gasteiger partial charge in [0.25, 0.3) is 11.8 Å². The Bertz CT molecular complexity index is 787. The molecule has 2 amide bonds. The molecule has 1 atom stereocenters. The van der Waals surface area contributed by atoms with E-state index in [1.165, 1.54) is 0 Å². The Morgan fingerprint density at radius 2 is 1.85 bits per heavy atom. The molecule has 6 nitrogen and oxygen atoms in total. The second kappa shape index (κ2) is 8.68. The topological polar surface area (TPSA) is 67.9 Å². The maximum absolute atomic E-state index is 12.5. The van der Waals surface area contributed by atoms with E-state index < -0.39 is 0 Å². The van der Waals surface area contributed by atoms with Crippen molar-refractivity contribution in [3.63, 3.8) is 0 Å². The molecule has 1 fully saturated rings. The number of aryl methyl sites for hydroxylation is 1. The summed E-state index contributed by atoms with van der Waals surface area (Å²) in [5, 5.41) is 2.77. The molecule has 6 heteroatoms. The third-order valence-electron chi connectivity index (χ3n) is 4.33. The first kappa shape index (κ1) is 18.9. The van der Waals surface area contributed by atoms with Crippen molar-refractivity contribution < 1.29 is 19.1 Å². The number of anilines is 1. The fourth-order valence-electron chi connectivity index (χ4n) is 2.86. The van der Waals surface area contributed by atoms with Crippen molar-refractivity contribution in [3.8, 4) is 5.75 Å². The zero-order chi connectivity index (χ0) is 19.2. The molecule has 1 unspecified atom stereocenters. The Morgan fingerprint density at radius 1 is 1.15 bits per heavy atom. The summed E-state index contributed by atoms with van der Waals surface area (Å²) in [4.78, 5) is 26.3. The van der Waals surface area contributed by atoms with E-state index in [1.807, 2.05) is 38.1 Å². The van der Waals surface area contributed by atoms with Crippen LogP contribution < -0.4 is 10.1 Å². The van der Waals surface area contributed by atoms with E-state index in [9.17, 15) is 9.59 Å². The number of ether oxygens (including phenoxy) is 2. The molecule has 0 aliphatic carbocycles. The zero-order valence-electron chi connectivity index (χ0n) is 15.6. The number of amides is 2. The van der Waals surface area contributed by atoms with Gasteiger partial charge in [-0.25, -0.2) is 0 Å². The summed E-state index contributed by atoms with van der Waals surface area (Å²) >= 11 is 0. The van der Waals surface area contributed by atoms with Crippen molar-refractivity contribution >= 4 is 17.5 Å². The standard InChI is InChI=1S/C21H24N2O4/c1-15-3-9-19(10-4-15)27-14-20(24)22-18-7-5-17(6-8-18)21(25)23-11-12-26-16(2)13-23/h3-10,16H,11-14H2,1-2H3,(H,22,24). The molecule has 1 saturated heterocycles. The SMILES string of the molecule is Cc1ccc(OCC(=O)Nc2ccc(C(=O)N3CCOC(C)C3)cc2)cc1. The normalized spacial score (nSPS) is 16.7. The third-order valence-corrected chi connectivity index (χ3v) is 4.33. The van der Waals surface area contributed by atoms with Gasteiger partial charge in [0, 0.05) is 24.3 Å². The lowest BCUT2D eigenvalue weighted by Crippen LogP contribution is -2.44. The minimum Gasteiger partial charge on any atom is -0.484 e. The van der Waals surface area contributed by atoms with Crippen LogP contribution in [0.15, 0.2) is 48.5 Å². The lowest BCUT2D eigenvalue weighted by molar-refractivity contribution is -0.118. The predicted molar refractivity (Wildman–Crippen MR) is 103 cm³/mol. The van der Waals surface area contributed by atoms with Crippen LogP contribution in [0.2, 0.25) is 0 Å². The molecular weight excluding hydrogens is 344 g/mol. The van der Waals surface area contributed by atoms with Crippen LogP contribution in [0.5, 0.6) is 5.75 Å². The van der Waals surface area contributed by atoms with Gasteiger partial charge in [-0.1, -0.05) is 17.7 Å². The van der Waals surface area contributed by atoms with Crippen LogP contribution in [0.1, 0.15) is 22.8 Å². The lowest BCUT2D eigenvalue weighted by Gasteiger charge is -2.31. The van der Waals surface area contributed by atoms with E-state index in [1.54, 1.807) is 29.2 Å². The maximum Gasteiger partial charge on any atom is 0.262 e. The second-order valence-corrected chi connectivity index (χ2v) is 6.66. The molecular formula is C21H24N2O4. The zero-order valence-corrected chi connectivity index (χ0v) is 15.6. The Hall–Kier alpha value is -2.86. The number of carbonyl (C=O) groups excluding carboxylic acids is 2. The fourth-order valence-corrected chi connectivity index (χ4v) is 2.86. The summed E-state index contributed by atoms with van der Waals surface area (Å²) in [6, 6.07) is 14.4. The Labute approximate surface area is 159 Å². The lowest BCUT2D eigenvalue weighted by atomic mass is 10.1. The van der Waals surface area contributed by atoms with Crippen molar-refractivity contribution in [1.82, 2.24) is 4.90 Å². The summed E-state index contributed by atoms with van der Waals surface area (Å²) in [6.07, 6.45) is 0.0507. The van der Waals surface area contributed by atoms with Gasteiger partial charge in [-0.2, -0.15) is 0 Å². The van der Waals surface area contributed by atoms with Crippen LogP contribution >= 0.6 is 0 Å². The summed E-state index contributed by atoms with van der Waals surface area (Å²) in [5.74, 6) is 0.374. The van der Waals surface area contributed by atoms with Gasteiger partial charge >= 0.3 is 0 Å². The van der Waals surface area contributed by atoms with Crippen LogP contribution in [0.4, 0.5) is 5.69 Å². The molecule has 0 saturated carbocycles. The van der Waals surface area contributed by atoms with Crippen molar-refractivity contribution in [2.75, 3.05) is 31.6 Å². The van der Waals surface area contributed by atoms with Crippen LogP contribution in [-0.2, 0) is 9.53 Å². The predicted octanol–water partition coefficient (Wildman–Crippen LogP) is 2.87. The molecule has 1 heterocycles. The number of rotatable bonds is 5. The molecule has 2 aromatic rings. The number of carbonyl (C=O) groups is 2. The van der Waals surface area contributed by atoms with Crippen molar-refractivity contribution in [2.24, 2.45) is 0 Å². The highest BCUT2D eigenvalue weighted by Gasteiger charge is 2.22. The molecule has 0 aromatic heterocycles. The number of hydrogen-bond donors (Lipinski definition) is 1. The van der Waals surface area contributed by atoms with E-state index in [-0.39, 0.29) is 24.5 Å². The van der Waals surface area contributed by atoms with Crippen LogP contribution in [0.25, 0.3) is 0 Å². The maximum atomic E-state index is 12.5.